The normalized spacial score (nSPS) is 42.5. The Kier molecular flexibility index (Phi) is 7.86. The smallest absolute Gasteiger partial charge is 0.0701 e. The van der Waals surface area contributed by atoms with E-state index >= 15 is 0 Å². The summed E-state index contributed by atoms with van der Waals surface area (Å²) in [4.78, 5) is 0. The highest BCUT2D eigenvalue weighted by Crippen LogP contribution is 2.67. The van der Waals surface area contributed by atoms with Gasteiger partial charge in [0.2, 0.25) is 0 Å². The number of aliphatic hydroxyl groups is 1. The molecule has 0 aliphatic heterocycles. The molecule has 33 heavy (non-hydrogen) atoms. The van der Waals surface area contributed by atoms with Gasteiger partial charge >= 0.3 is 0 Å². The van der Waals surface area contributed by atoms with E-state index in [9.17, 15) is 0 Å². The molecule has 9 atom stereocenters. The highest BCUT2D eigenvalue weighted by Gasteiger charge is 2.59. The van der Waals surface area contributed by atoms with Crippen LogP contribution >= 0.6 is 0 Å². The lowest BCUT2D eigenvalue weighted by molar-refractivity contribution is -0.0633. The number of hydrogen-bond acceptors (Lipinski definition) is 2. The summed E-state index contributed by atoms with van der Waals surface area (Å²) in [5.74, 6) is 5.68. The molecular weight excluding hydrogens is 404 g/mol. The van der Waals surface area contributed by atoms with Crippen molar-refractivity contribution in [2.24, 2.45) is 52.3 Å². The largest absolute Gasteiger partial charge is 0.394 e. The van der Waals surface area contributed by atoms with E-state index in [1.807, 2.05) is 0 Å². The topological polar surface area (TPSA) is 29.5 Å². The Labute approximate surface area is 204 Å². The van der Waals surface area contributed by atoms with E-state index in [-0.39, 0.29) is 6.61 Å². The third-order valence-corrected chi connectivity index (χ3v) is 11.2. The maximum absolute atomic E-state index is 9.16. The molecule has 3 unspecified atom stereocenters. The minimum Gasteiger partial charge on any atom is -0.394 e. The molecule has 2 nitrogen and oxygen atoms in total. The average molecular weight is 457 g/mol. The van der Waals surface area contributed by atoms with Crippen LogP contribution in [-0.2, 0) is 4.74 Å². The molecule has 2 heteroatoms. The van der Waals surface area contributed by atoms with Crippen LogP contribution in [0.4, 0.5) is 0 Å². The van der Waals surface area contributed by atoms with Crippen molar-refractivity contribution in [2.45, 2.75) is 105 Å². The summed E-state index contributed by atoms with van der Waals surface area (Å²) in [6.07, 6.45) is 19.9. The predicted molar refractivity (Wildman–Crippen MR) is 139 cm³/mol. The molecule has 4 aliphatic rings. The number of rotatable bonds is 8. The average Bonchev–Trinajstić information content (AvgIpc) is 3.15. The number of allylic oxidation sites excluding steroid dienone is 3. The molecule has 0 aromatic carbocycles. The van der Waals surface area contributed by atoms with Gasteiger partial charge in [-0.1, -0.05) is 65.3 Å². The van der Waals surface area contributed by atoms with Gasteiger partial charge in [0.05, 0.1) is 19.3 Å². The molecule has 0 aromatic rings. The quantitative estimate of drug-likeness (QED) is 0.377. The Balaban J connectivity index is 1.48. The molecule has 0 amide bonds. The summed E-state index contributed by atoms with van der Waals surface area (Å²) < 4.78 is 5.95. The molecule has 1 N–H and O–H groups in total. The number of fused-ring (bicyclic) bond motifs is 5. The number of aliphatic hydroxyl groups excluding tert-OH is 1. The lowest BCUT2D eigenvalue weighted by Gasteiger charge is -2.58. The summed E-state index contributed by atoms with van der Waals surface area (Å²) in [6.45, 7) is 15.5. The summed E-state index contributed by atoms with van der Waals surface area (Å²) in [7, 11) is 0. The van der Waals surface area contributed by atoms with Gasteiger partial charge in [0.25, 0.3) is 0 Å². The maximum atomic E-state index is 9.16. The molecule has 0 spiro atoms. The first-order valence-corrected chi connectivity index (χ1v) is 14.3. The van der Waals surface area contributed by atoms with Crippen LogP contribution < -0.4 is 0 Å². The van der Waals surface area contributed by atoms with Crippen molar-refractivity contribution >= 4 is 0 Å². The molecular formula is C31H52O2. The SMILES string of the molecule is CC[C@H](/C=C/[C@@H](C)[C@H]1CCC2C3CC=C4C[C@@H](OCCO)CC[C@]4(C)C3CC[C@@]21C)C(C)C. The van der Waals surface area contributed by atoms with Crippen LogP contribution in [0.2, 0.25) is 0 Å². The summed E-state index contributed by atoms with van der Waals surface area (Å²) in [5, 5.41) is 9.16. The van der Waals surface area contributed by atoms with Gasteiger partial charge in [-0.15, -0.1) is 0 Å². The Bertz CT molecular complexity index is 722. The van der Waals surface area contributed by atoms with Crippen molar-refractivity contribution < 1.29 is 9.84 Å². The van der Waals surface area contributed by atoms with Crippen LogP contribution in [0.5, 0.6) is 0 Å². The lowest BCUT2D eigenvalue weighted by Crippen LogP contribution is -2.51. The van der Waals surface area contributed by atoms with E-state index < -0.39 is 0 Å². The van der Waals surface area contributed by atoms with Crippen LogP contribution in [0.3, 0.4) is 0 Å². The van der Waals surface area contributed by atoms with Gasteiger partial charge in [-0.05, 0) is 110 Å². The second kappa shape index (κ2) is 10.2. The van der Waals surface area contributed by atoms with Crippen molar-refractivity contribution in [2.75, 3.05) is 13.2 Å². The van der Waals surface area contributed by atoms with E-state index in [2.05, 4.69) is 59.8 Å². The highest BCUT2D eigenvalue weighted by atomic mass is 16.5. The molecule has 4 rings (SSSR count). The molecule has 0 radical (unpaired) electrons. The third kappa shape index (κ3) is 4.65. The van der Waals surface area contributed by atoms with Crippen LogP contribution in [0.25, 0.3) is 0 Å². The van der Waals surface area contributed by atoms with E-state index in [1.165, 1.54) is 44.9 Å². The maximum Gasteiger partial charge on any atom is 0.0701 e. The molecule has 0 aromatic heterocycles. The van der Waals surface area contributed by atoms with Gasteiger partial charge in [0.15, 0.2) is 0 Å². The predicted octanol–water partition coefficient (Wildman–Crippen LogP) is 7.82. The van der Waals surface area contributed by atoms with Gasteiger partial charge in [-0.2, -0.15) is 0 Å². The van der Waals surface area contributed by atoms with Crippen molar-refractivity contribution in [3.8, 4) is 0 Å². The second-order valence-corrected chi connectivity index (χ2v) is 13.0. The first kappa shape index (κ1) is 25.5. The molecule has 0 heterocycles. The minimum atomic E-state index is 0.142. The third-order valence-electron chi connectivity index (χ3n) is 11.2. The van der Waals surface area contributed by atoms with Crippen molar-refractivity contribution in [1.29, 1.82) is 0 Å². The van der Waals surface area contributed by atoms with Gasteiger partial charge < -0.3 is 9.84 Å². The molecule has 0 bridgehead atoms. The van der Waals surface area contributed by atoms with Crippen LogP contribution in [0.15, 0.2) is 23.8 Å². The molecule has 3 fully saturated rings. The Morgan fingerprint density at radius 3 is 2.55 bits per heavy atom. The van der Waals surface area contributed by atoms with E-state index in [1.54, 1.807) is 5.57 Å². The Morgan fingerprint density at radius 1 is 1.06 bits per heavy atom. The summed E-state index contributed by atoms with van der Waals surface area (Å²) in [5.41, 5.74) is 2.60. The van der Waals surface area contributed by atoms with Gasteiger partial charge in [-0.25, -0.2) is 0 Å². The van der Waals surface area contributed by atoms with Crippen LogP contribution in [0, 0.1) is 52.3 Å². The Morgan fingerprint density at radius 2 is 1.85 bits per heavy atom. The van der Waals surface area contributed by atoms with E-state index in [4.69, 9.17) is 9.84 Å². The van der Waals surface area contributed by atoms with Crippen molar-refractivity contribution in [1.82, 2.24) is 0 Å². The van der Waals surface area contributed by atoms with E-state index in [0.29, 0.717) is 29.5 Å². The van der Waals surface area contributed by atoms with Crippen molar-refractivity contribution in [3.05, 3.63) is 23.8 Å². The molecule has 4 aliphatic carbocycles. The zero-order valence-electron chi connectivity index (χ0n) is 22.5. The monoisotopic (exact) mass is 456 g/mol. The first-order chi connectivity index (χ1) is 15.7. The van der Waals surface area contributed by atoms with Crippen LogP contribution in [0.1, 0.15) is 99.3 Å². The van der Waals surface area contributed by atoms with E-state index in [0.717, 1.165) is 48.3 Å². The summed E-state index contributed by atoms with van der Waals surface area (Å²) >= 11 is 0. The van der Waals surface area contributed by atoms with Crippen molar-refractivity contribution in [3.63, 3.8) is 0 Å². The zero-order chi connectivity index (χ0) is 23.8. The lowest BCUT2D eigenvalue weighted by atomic mass is 9.47. The first-order valence-electron chi connectivity index (χ1n) is 14.3. The standard InChI is InChI=1S/C31H52O2/c1-7-23(21(2)3)9-8-22(4)27-12-13-28-26-11-10-24-20-25(33-19-18-32)14-16-30(24,5)29(26)15-17-31(27,28)6/h8-10,21-23,25-29,32H,7,11-20H2,1-6H3/b9-8+/t22-,23-,25+,26?,27-,28?,29?,30+,31-/m1/s1. The highest BCUT2D eigenvalue weighted by molar-refractivity contribution is 5.25. The Hall–Kier alpha value is -0.600. The molecule has 3 saturated carbocycles. The molecule has 0 saturated heterocycles. The van der Waals surface area contributed by atoms with Gasteiger partial charge in [0, 0.05) is 0 Å². The van der Waals surface area contributed by atoms with Gasteiger partial charge in [-0.3, -0.25) is 0 Å². The molecule has 188 valence electrons. The number of hydrogen-bond donors (Lipinski definition) is 1. The minimum absolute atomic E-state index is 0.142. The number of ether oxygens (including phenoxy) is 1. The van der Waals surface area contributed by atoms with Gasteiger partial charge in [0.1, 0.15) is 0 Å². The fraction of sp³-hybridized carbons (Fsp3) is 0.871. The van der Waals surface area contributed by atoms with Crippen LogP contribution in [-0.4, -0.2) is 24.4 Å². The fourth-order valence-corrected chi connectivity index (χ4v) is 9.18. The second-order valence-electron chi connectivity index (χ2n) is 13.0. The summed E-state index contributed by atoms with van der Waals surface area (Å²) in [6, 6.07) is 0. The zero-order valence-corrected chi connectivity index (χ0v) is 22.5. The fourth-order valence-electron chi connectivity index (χ4n) is 9.18.